The number of methoxy groups -OCH3 is 2. The normalized spacial score (nSPS) is 10.0. The number of anilines is 2. The number of nitrogens with one attached hydrogen (secondary N) is 2. The number of carbonyl (C=O) groups excluding carboxylic acids is 2. The van der Waals surface area contributed by atoms with Gasteiger partial charge < -0.3 is 24.8 Å². The first-order chi connectivity index (χ1) is 14.1. The van der Waals surface area contributed by atoms with E-state index in [1.54, 1.807) is 54.6 Å². The molecule has 7 heteroatoms. The van der Waals surface area contributed by atoms with E-state index in [0.29, 0.717) is 34.4 Å². The van der Waals surface area contributed by atoms with Gasteiger partial charge in [0, 0.05) is 11.8 Å². The molecule has 7 nitrogen and oxygen atoms in total. The van der Waals surface area contributed by atoms with Crippen LogP contribution in [0.5, 0.6) is 23.0 Å². The van der Waals surface area contributed by atoms with Gasteiger partial charge in [0.15, 0.2) is 17.2 Å². The molecule has 0 bridgehead atoms. The first-order valence-corrected chi connectivity index (χ1v) is 8.77. The zero-order chi connectivity index (χ0) is 20.6. The quantitative estimate of drug-likeness (QED) is 0.618. The fourth-order valence-corrected chi connectivity index (χ4v) is 2.56. The average molecular weight is 392 g/mol. The maximum atomic E-state index is 12.4. The summed E-state index contributed by atoms with van der Waals surface area (Å²) in [4.78, 5) is 24.7. The fourth-order valence-electron chi connectivity index (χ4n) is 2.56. The highest BCUT2D eigenvalue weighted by Gasteiger charge is 2.17. The van der Waals surface area contributed by atoms with Crippen molar-refractivity contribution in [1.29, 1.82) is 0 Å². The third kappa shape index (κ3) is 5.04. The monoisotopic (exact) mass is 392 g/mol. The van der Waals surface area contributed by atoms with Crippen molar-refractivity contribution in [2.24, 2.45) is 0 Å². The Hall–Kier alpha value is -4.00. The third-order valence-electron chi connectivity index (χ3n) is 3.95. The molecule has 148 valence electrons. The van der Waals surface area contributed by atoms with Crippen molar-refractivity contribution < 1.29 is 23.8 Å². The number of ether oxygens (including phenoxy) is 3. The largest absolute Gasteiger partial charge is 0.493 e. The Labute approximate surface area is 168 Å². The van der Waals surface area contributed by atoms with Gasteiger partial charge in [-0.2, -0.15) is 0 Å². The van der Waals surface area contributed by atoms with Crippen molar-refractivity contribution in [2.45, 2.75) is 0 Å². The van der Waals surface area contributed by atoms with Crippen LogP contribution in [0.15, 0.2) is 72.8 Å². The van der Waals surface area contributed by atoms with Gasteiger partial charge in [0.25, 0.3) is 0 Å². The van der Waals surface area contributed by atoms with Crippen molar-refractivity contribution in [1.82, 2.24) is 0 Å². The molecule has 0 aliphatic heterocycles. The molecule has 2 N–H and O–H groups in total. The summed E-state index contributed by atoms with van der Waals surface area (Å²) in [6.07, 6.45) is 0. The molecule has 0 unspecified atom stereocenters. The van der Waals surface area contributed by atoms with Crippen molar-refractivity contribution >= 4 is 23.2 Å². The lowest BCUT2D eigenvalue weighted by Gasteiger charge is -2.13. The second-order valence-corrected chi connectivity index (χ2v) is 5.89. The molecule has 0 saturated carbocycles. The van der Waals surface area contributed by atoms with E-state index in [1.807, 2.05) is 18.2 Å². The summed E-state index contributed by atoms with van der Waals surface area (Å²) in [6, 6.07) is 20.8. The van der Waals surface area contributed by atoms with Crippen LogP contribution < -0.4 is 24.8 Å². The molecule has 3 aromatic rings. The summed E-state index contributed by atoms with van der Waals surface area (Å²) < 4.78 is 16.1. The summed E-state index contributed by atoms with van der Waals surface area (Å²) in [5.74, 6) is 0.333. The summed E-state index contributed by atoms with van der Waals surface area (Å²) in [7, 11) is 3.00. The van der Waals surface area contributed by atoms with Crippen molar-refractivity contribution in [2.75, 3.05) is 24.9 Å². The van der Waals surface area contributed by atoms with Crippen molar-refractivity contribution in [3.8, 4) is 23.0 Å². The van der Waals surface area contributed by atoms with Crippen molar-refractivity contribution in [3.63, 3.8) is 0 Å². The van der Waals surface area contributed by atoms with Gasteiger partial charge in [-0.1, -0.05) is 30.3 Å². The lowest BCUT2D eigenvalue weighted by Crippen LogP contribution is -2.29. The summed E-state index contributed by atoms with van der Waals surface area (Å²) in [6.45, 7) is 0. The van der Waals surface area contributed by atoms with E-state index in [1.165, 1.54) is 14.2 Å². The highest BCUT2D eigenvalue weighted by atomic mass is 16.5. The lowest BCUT2D eigenvalue weighted by molar-refractivity contribution is -0.133. The molecule has 29 heavy (non-hydrogen) atoms. The predicted molar refractivity (Wildman–Crippen MR) is 110 cm³/mol. The standard InChI is InChI=1S/C22H20N2O5/c1-27-19-13-12-15(14-20(19)28-2)23-21(25)22(26)24-17-10-6-7-11-18(17)29-16-8-4-3-5-9-16/h3-14H,1-2H3,(H,23,25)(H,24,26). The second-order valence-electron chi connectivity index (χ2n) is 5.89. The maximum Gasteiger partial charge on any atom is 0.314 e. The molecule has 0 atom stereocenters. The molecule has 2 amide bonds. The number of hydrogen-bond acceptors (Lipinski definition) is 5. The molecule has 0 saturated heterocycles. The summed E-state index contributed by atoms with van der Waals surface area (Å²) in [5, 5.41) is 5.10. The third-order valence-corrected chi connectivity index (χ3v) is 3.95. The molecule has 0 heterocycles. The van der Waals surface area contributed by atoms with E-state index >= 15 is 0 Å². The van der Waals surface area contributed by atoms with E-state index < -0.39 is 11.8 Å². The lowest BCUT2D eigenvalue weighted by atomic mass is 10.2. The van der Waals surface area contributed by atoms with E-state index in [4.69, 9.17) is 14.2 Å². The maximum absolute atomic E-state index is 12.4. The van der Waals surface area contributed by atoms with Gasteiger partial charge in [0.05, 0.1) is 19.9 Å². The fraction of sp³-hybridized carbons (Fsp3) is 0.0909. The number of amides is 2. The van der Waals surface area contributed by atoms with Gasteiger partial charge in [-0.15, -0.1) is 0 Å². The zero-order valence-electron chi connectivity index (χ0n) is 16.0. The van der Waals surface area contributed by atoms with Crippen LogP contribution in [-0.2, 0) is 9.59 Å². The Balaban J connectivity index is 1.70. The first-order valence-electron chi connectivity index (χ1n) is 8.77. The van der Waals surface area contributed by atoms with Crippen LogP contribution in [0.25, 0.3) is 0 Å². The van der Waals surface area contributed by atoms with E-state index in [2.05, 4.69) is 10.6 Å². The van der Waals surface area contributed by atoms with Crippen LogP contribution in [-0.4, -0.2) is 26.0 Å². The van der Waals surface area contributed by atoms with Gasteiger partial charge in [0.1, 0.15) is 5.75 Å². The van der Waals surface area contributed by atoms with Gasteiger partial charge in [-0.25, -0.2) is 0 Å². The number of hydrogen-bond donors (Lipinski definition) is 2. The Morgan fingerprint density at radius 1 is 0.690 bits per heavy atom. The molecule has 0 fully saturated rings. The highest BCUT2D eigenvalue weighted by molar-refractivity contribution is 6.43. The minimum Gasteiger partial charge on any atom is -0.493 e. The van der Waals surface area contributed by atoms with E-state index in [9.17, 15) is 9.59 Å². The average Bonchev–Trinajstić information content (AvgIpc) is 2.75. The Bertz CT molecular complexity index is 1010. The molecule has 0 radical (unpaired) electrons. The number of para-hydroxylation sites is 3. The second kappa shape index (κ2) is 9.27. The van der Waals surface area contributed by atoms with Crippen molar-refractivity contribution in [3.05, 3.63) is 72.8 Å². The Morgan fingerprint density at radius 3 is 2.07 bits per heavy atom. The van der Waals surface area contributed by atoms with Crippen LogP contribution in [0.4, 0.5) is 11.4 Å². The molecule has 0 aliphatic rings. The van der Waals surface area contributed by atoms with Crippen LogP contribution in [0.2, 0.25) is 0 Å². The number of carbonyl (C=O) groups is 2. The van der Waals surface area contributed by atoms with Crippen LogP contribution in [0.1, 0.15) is 0 Å². The van der Waals surface area contributed by atoms with Gasteiger partial charge >= 0.3 is 11.8 Å². The Morgan fingerprint density at radius 2 is 1.34 bits per heavy atom. The molecule has 0 aliphatic carbocycles. The smallest absolute Gasteiger partial charge is 0.314 e. The van der Waals surface area contributed by atoms with Gasteiger partial charge in [-0.05, 0) is 36.4 Å². The molecule has 0 spiro atoms. The molecule has 3 rings (SSSR count). The van der Waals surface area contributed by atoms with Gasteiger partial charge in [0.2, 0.25) is 0 Å². The highest BCUT2D eigenvalue weighted by Crippen LogP contribution is 2.30. The zero-order valence-corrected chi connectivity index (χ0v) is 16.0. The van der Waals surface area contributed by atoms with Crippen LogP contribution in [0.3, 0.4) is 0 Å². The molecular weight excluding hydrogens is 372 g/mol. The number of benzene rings is 3. The Kier molecular flexibility index (Phi) is 6.32. The molecule has 0 aromatic heterocycles. The topological polar surface area (TPSA) is 85.9 Å². The van der Waals surface area contributed by atoms with E-state index in [-0.39, 0.29) is 0 Å². The minimum absolute atomic E-state index is 0.379. The van der Waals surface area contributed by atoms with E-state index in [0.717, 1.165) is 0 Å². The minimum atomic E-state index is -0.830. The summed E-state index contributed by atoms with van der Waals surface area (Å²) in [5.41, 5.74) is 0.778. The molecular formula is C22H20N2O5. The van der Waals surface area contributed by atoms with Gasteiger partial charge in [-0.3, -0.25) is 9.59 Å². The summed E-state index contributed by atoms with van der Waals surface area (Å²) >= 11 is 0. The van der Waals surface area contributed by atoms with Crippen LogP contribution >= 0.6 is 0 Å². The van der Waals surface area contributed by atoms with Crippen LogP contribution in [0, 0.1) is 0 Å². The first kappa shape index (κ1) is 19.8. The number of rotatable bonds is 6. The predicted octanol–water partition coefficient (Wildman–Crippen LogP) is 4.07. The SMILES string of the molecule is COc1ccc(NC(=O)C(=O)Nc2ccccc2Oc2ccccc2)cc1OC. The molecule has 3 aromatic carbocycles.